The Balaban J connectivity index is 1.95. The maximum absolute atomic E-state index is 13.4. The van der Waals surface area contributed by atoms with Crippen LogP contribution >= 0.6 is 0 Å². The number of fused-ring (bicyclic) bond motifs is 3. The number of rotatable bonds is 7. The van der Waals surface area contributed by atoms with Crippen molar-refractivity contribution in [2.75, 3.05) is 35.5 Å². The molecule has 3 aromatic carbocycles. The number of carbonyl (C=O) groups is 1. The van der Waals surface area contributed by atoms with Crippen LogP contribution in [-0.4, -0.2) is 57.5 Å². The topological polar surface area (TPSA) is 125 Å². The lowest BCUT2D eigenvalue weighted by molar-refractivity contribution is -0.145. The lowest BCUT2D eigenvalue weighted by Crippen LogP contribution is -2.50. The van der Waals surface area contributed by atoms with Gasteiger partial charge >= 0.3 is 5.97 Å². The fraction of sp³-hybridized carbons (Fsp3) is 0.310. The minimum atomic E-state index is -2.20. The van der Waals surface area contributed by atoms with Gasteiger partial charge in [0.1, 0.15) is 28.9 Å². The van der Waals surface area contributed by atoms with E-state index in [1.807, 2.05) is 30.3 Å². The van der Waals surface area contributed by atoms with Crippen molar-refractivity contribution >= 4 is 11.7 Å². The molecule has 0 aromatic heterocycles. The van der Waals surface area contributed by atoms with Gasteiger partial charge in [-0.2, -0.15) is 0 Å². The van der Waals surface area contributed by atoms with Gasteiger partial charge < -0.3 is 38.7 Å². The third kappa shape index (κ3) is 3.44. The van der Waals surface area contributed by atoms with Crippen molar-refractivity contribution in [1.29, 1.82) is 0 Å². The first kappa shape index (κ1) is 26.2. The number of hydrogen-bond acceptors (Lipinski definition) is 10. The highest BCUT2D eigenvalue weighted by Crippen LogP contribution is 2.69. The van der Waals surface area contributed by atoms with E-state index in [1.165, 1.54) is 35.5 Å². The van der Waals surface area contributed by atoms with Crippen LogP contribution < -0.4 is 23.7 Å². The van der Waals surface area contributed by atoms with E-state index in [1.54, 1.807) is 30.3 Å². The summed E-state index contributed by atoms with van der Waals surface area (Å²) in [5, 5.41) is 26.9. The Kier molecular flexibility index (Phi) is 6.51. The molecule has 204 valence electrons. The number of oxime groups is 1. The fourth-order valence-electron chi connectivity index (χ4n) is 6.05. The van der Waals surface area contributed by atoms with Crippen LogP contribution in [0.15, 0.2) is 65.8 Å². The molecule has 0 spiro atoms. The van der Waals surface area contributed by atoms with Gasteiger partial charge in [-0.15, -0.1) is 0 Å². The Morgan fingerprint density at radius 1 is 0.872 bits per heavy atom. The van der Waals surface area contributed by atoms with Crippen LogP contribution in [0, 0.1) is 5.92 Å². The average Bonchev–Trinajstić information content (AvgIpc) is 3.37. The Morgan fingerprint density at radius 3 is 2.15 bits per heavy atom. The van der Waals surface area contributed by atoms with Crippen LogP contribution in [-0.2, 0) is 20.7 Å². The molecule has 1 heterocycles. The van der Waals surface area contributed by atoms with Crippen molar-refractivity contribution in [2.45, 2.75) is 17.1 Å². The quantitative estimate of drug-likeness (QED) is 0.265. The predicted octanol–water partition coefficient (Wildman–Crippen LogP) is 3.61. The van der Waals surface area contributed by atoms with E-state index in [9.17, 15) is 15.1 Å². The molecule has 0 unspecified atom stereocenters. The molecule has 39 heavy (non-hydrogen) atoms. The highest BCUT2D eigenvalue weighted by molar-refractivity contribution is 6.12. The molecule has 1 aliphatic carbocycles. The number of aliphatic hydroxyl groups is 1. The minimum Gasteiger partial charge on any atom is -0.496 e. The van der Waals surface area contributed by atoms with E-state index < -0.39 is 29.0 Å². The molecular formula is C29H29NO9. The van der Waals surface area contributed by atoms with Crippen molar-refractivity contribution < 1.29 is 43.5 Å². The van der Waals surface area contributed by atoms with Crippen LogP contribution in [0.3, 0.4) is 0 Å². The Morgan fingerprint density at radius 2 is 1.56 bits per heavy atom. The van der Waals surface area contributed by atoms with Crippen molar-refractivity contribution in [1.82, 2.24) is 0 Å². The lowest BCUT2D eigenvalue weighted by atomic mass is 9.70. The Hall–Kier alpha value is -4.44. The summed E-state index contributed by atoms with van der Waals surface area (Å²) in [5.41, 5.74) is -2.95. The van der Waals surface area contributed by atoms with E-state index in [2.05, 4.69) is 5.16 Å². The van der Waals surface area contributed by atoms with Crippen LogP contribution in [0.5, 0.6) is 28.7 Å². The summed E-state index contributed by atoms with van der Waals surface area (Å²) >= 11 is 0. The molecule has 1 fully saturated rings. The summed E-state index contributed by atoms with van der Waals surface area (Å²) in [6.07, 6.45) is 0. The zero-order chi connectivity index (χ0) is 27.9. The van der Waals surface area contributed by atoms with Gasteiger partial charge in [-0.1, -0.05) is 41.6 Å². The molecule has 3 aromatic rings. The van der Waals surface area contributed by atoms with Gasteiger partial charge in [0, 0.05) is 17.7 Å². The molecule has 2 aliphatic rings. The molecule has 5 rings (SSSR count). The van der Waals surface area contributed by atoms with Crippen molar-refractivity contribution in [3.63, 3.8) is 0 Å². The van der Waals surface area contributed by atoms with Crippen LogP contribution in [0.25, 0.3) is 0 Å². The van der Waals surface area contributed by atoms with Gasteiger partial charge in [-0.05, 0) is 17.7 Å². The SMILES string of the molecule is COC(=O)[C@H]1/C(=N\O)[C@@]2(O)c3c(OC)cc(OC)cc3O[C@@]2(c2ccc(OC)c(OC)c2)[C@@H]1c1ccccc1. The first-order valence-corrected chi connectivity index (χ1v) is 12.1. The van der Waals surface area contributed by atoms with E-state index in [-0.39, 0.29) is 22.8 Å². The van der Waals surface area contributed by atoms with Crippen molar-refractivity contribution in [2.24, 2.45) is 11.1 Å². The number of hydrogen-bond donors (Lipinski definition) is 2. The second-order valence-electron chi connectivity index (χ2n) is 9.20. The van der Waals surface area contributed by atoms with Gasteiger partial charge in [0.2, 0.25) is 0 Å². The molecule has 0 saturated heterocycles. The highest BCUT2D eigenvalue weighted by atomic mass is 16.5. The number of carbonyl (C=O) groups excluding carboxylic acids is 1. The number of benzene rings is 3. The number of ether oxygens (including phenoxy) is 6. The second kappa shape index (κ2) is 9.70. The van der Waals surface area contributed by atoms with E-state index in [0.717, 1.165) is 0 Å². The number of esters is 1. The average molecular weight is 536 g/mol. The molecule has 1 saturated carbocycles. The van der Waals surface area contributed by atoms with Gasteiger partial charge in [-0.3, -0.25) is 4.79 Å². The summed E-state index contributed by atoms with van der Waals surface area (Å²) < 4.78 is 34.1. The normalized spacial score (nSPS) is 25.8. The molecule has 1 aliphatic heterocycles. The highest BCUT2D eigenvalue weighted by Gasteiger charge is 2.78. The van der Waals surface area contributed by atoms with Crippen LogP contribution in [0.4, 0.5) is 0 Å². The fourth-order valence-corrected chi connectivity index (χ4v) is 6.05. The van der Waals surface area contributed by atoms with Gasteiger partial charge in [0.05, 0.1) is 47.0 Å². The second-order valence-corrected chi connectivity index (χ2v) is 9.20. The van der Waals surface area contributed by atoms with Gasteiger partial charge in [-0.25, -0.2) is 0 Å². The zero-order valence-corrected chi connectivity index (χ0v) is 22.1. The zero-order valence-electron chi connectivity index (χ0n) is 22.1. The third-order valence-corrected chi connectivity index (χ3v) is 7.64. The first-order valence-electron chi connectivity index (χ1n) is 12.1. The molecule has 0 amide bonds. The van der Waals surface area contributed by atoms with Crippen molar-refractivity contribution in [3.8, 4) is 28.7 Å². The number of nitrogens with zero attached hydrogens (tertiary/aromatic N) is 1. The summed E-state index contributed by atoms with van der Waals surface area (Å²) in [4.78, 5) is 13.4. The van der Waals surface area contributed by atoms with Crippen LogP contribution in [0.2, 0.25) is 0 Å². The summed E-state index contributed by atoms with van der Waals surface area (Å²) in [7, 11) is 7.17. The van der Waals surface area contributed by atoms with Gasteiger partial charge in [0.25, 0.3) is 0 Å². The van der Waals surface area contributed by atoms with Crippen LogP contribution in [0.1, 0.15) is 22.6 Å². The van der Waals surface area contributed by atoms with E-state index in [4.69, 9.17) is 28.4 Å². The largest absolute Gasteiger partial charge is 0.496 e. The van der Waals surface area contributed by atoms with Crippen molar-refractivity contribution in [3.05, 3.63) is 77.4 Å². The Bertz CT molecular complexity index is 1440. The predicted molar refractivity (Wildman–Crippen MR) is 139 cm³/mol. The summed E-state index contributed by atoms with van der Waals surface area (Å²) in [5.74, 6) is -1.19. The third-order valence-electron chi connectivity index (χ3n) is 7.64. The van der Waals surface area contributed by atoms with E-state index in [0.29, 0.717) is 28.4 Å². The van der Waals surface area contributed by atoms with Gasteiger partial charge in [0.15, 0.2) is 22.7 Å². The lowest BCUT2D eigenvalue weighted by Gasteiger charge is -2.40. The monoisotopic (exact) mass is 535 g/mol. The Labute approximate surface area is 225 Å². The maximum Gasteiger partial charge on any atom is 0.315 e. The molecule has 4 atom stereocenters. The molecule has 10 heteroatoms. The first-order chi connectivity index (χ1) is 18.9. The molecular weight excluding hydrogens is 506 g/mol. The standard InChI is InChI=1S/C29H29NO9/c1-34-18-14-21(37-4)25-22(15-18)39-29(17-11-12-19(35-2)20(13-17)36-3)24(16-9-7-6-8-10-16)23(27(31)38-5)26(30-33)28(25,29)32/h6-15,23-24,32-33H,1-5H3/b30-26+/t23-,24-,28+,29+/m1/s1. The maximum atomic E-state index is 13.4. The molecule has 0 radical (unpaired) electrons. The number of methoxy groups -OCH3 is 5. The molecule has 2 N–H and O–H groups in total. The summed E-state index contributed by atoms with van der Waals surface area (Å²) in [6.45, 7) is 0. The minimum absolute atomic E-state index is 0.181. The summed E-state index contributed by atoms with van der Waals surface area (Å²) in [6, 6.07) is 17.3. The molecule has 0 bridgehead atoms. The smallest absolute Gasteiger partial charge is 0.315 e. The van der Waals surface area contributed by atoms with E-state index >= 15 is 0 Å². The molecule has 10 nitrogen and oxygen atoms in total.